The minimum atomic E-state index is -4.31. The Labute approximate surface area is 95.3 Å². The lowest BCUT2D eigenvalue weighted by Crippen LogP contribution is -2.04. The maximum Gasteiger partial charge on any atom is 0.416 e. The van der Waals surface area contributed by atoms with Gasteiger partial charge >= 0.3 is 6.18 Å². The average molecular weight is 239 g/mol. The minimum absolute atomic E-state index is 0.479. The zero-order valence-corrected chi connectivity index (χ0v) is 8.57. The van der Waals surface area contributed by atoms with Crippen LogP contribution in [-0.4, -0.2) is 9.97 Å². The van der Waals surface area contributed by atoms with Gasteiger partial charge in [0, 0.05) is 18.1 Å². The van der Waals surface area contributed by atoms with Gasteiger partial charge in [0.2, 0.25) is 0 Å². The largest absolute Gasteiger partial charge is 0.416 e. The van der Waals surface area contributed by atoms with Gasteiger partial charge in [-0.3, -0.25) is 4.98 Å². The summed E-state index contributed by atoms with van der Waals surface area (Å²) in [6.45, 7) is 0. The highest BCUT2D eigenvalue weighted by Gasteiger charge is 2.29. The van der Waals surface area contributed by atoms with Crippen LogP contribution in [0, 0.1) is 0 Å². The molecule has 0 aliphatic heterocycles. The average Bonchev–Trinajstić information content (AvgIpc) is 2.30. The third-order valence-electron chi connectivity index (χ3n) is 2.05. The summed E-state index contributed by atoms with van der Waals surface area (Å²) in [5.41, 5.74) is -0.152. The lowest BCUT2D eigenvalue weighted by Gasteiger charge is -2.08. The van der Waals surface area contributed by atoms with E-state index in [1.54, 1.807) is 0 Å². The topological polar surface area (TPSA) is 37.8 Å². The molecule has 88 valence electrons. The van der Waals surface area contributed by atoms with Crippen molar-refractivity contribution in [1.29, 1.82) is 0 Å². The summed E-state index contributed by atoms with van der Waals surface area (Å²) in [5, 5.41) is 2.84. The number of benzene rings is 1. The summed E-state index contributed by atoms with van der Waals surface area (Å²) in [7, 11) is 0. The fraction of sp³-hybridized carbons (Fsp3) is 0.0909. The molecule has 0 atom stereocenters. The first-order chi connectivity index (χ1) is 8.05. The molecule has 2 aromatic rings. The van der Waals surface area contributed by atoms with Crippen molar-refractivity contribution in [3.05, 3.63) is 48.4 Å². The molecule has 1 aromatic carbocycles. The molecule has 1 heterocycles. The summed E-state index contributed by atoms with van der Waals surface area (Å²) in [6, 6.07) is 4.71. The normalized spacial score (nSPS) is 11.2. The van der Waals surface area contributed by atoms with E-state index < -0.39 is 11.7 Å². The number of hydrogen-bond donors (Lipinski definition) is 1. The molecule has 0 spiro atoms. The molecule has 17 heavy (non-hydrogen) atoms. The molecule has 0 saturated carbocycles. The third kappa shape index (κ3) is 2.93. The van der Waals surface area contributed by atoms with Crippen LogP contribution in [-0.2, 0) is 6.18 Å². The van der Waals surface area contributed by atoms with Gasteiger partial charge in [-0.15, -0.1) is 0 Å². The predicted octanol–water partition coefficient (Wildman–Crippen LogP) is 3.24. The van der Waals surface area contributed by atoms with Crippen molar-refractivity contribution in [3.8, 4) is 0 Å². The highest BCUT2D eigenvalue weighted by molar-refractivity contribution is 5.55. The van der Waals surface area contributed by atoms with E-state index >= 15 is 0 Å². The molecular formula is C11H8F3N3. The van der Waals surface area contributed by atoms with Gasteiger partial charge in [0.15, 0.2) is 0 Å². The van der Waals surface area contributed by atoms with Crippen LogP contribution in [0.5, 0.6) is 0 Å². The quantitative estimate of drug-likeness (QED) is 0.874. The van der Waals surface area contributed by atoms with Crippen molar-refractivity contribution in [3.63, 3.8) is 0 Å². The van der Waals surface area contributed by atoms with E-state index in [0.29, 0.717) is 11.5 Å². The molecule has 0 radical (unpaired) electrons. The molecular weight excluding hydrogens is 231 g/mol. The monoisotopic (exact) mass is 239 g/mol. The van der Waals surface area contributed by atoms with Crippen LogP contribution >= 0.6 is 0 Å². The van der Waals surface area contributed by atoms with Gasteiger partial charge in [0.25, 0.3) is 0 Å². The van der Waals surface area contributed by atoms with Crippen LogP contribution in [0.2, 0.25) is 0 Å². The van der Waals surface area contributed by atoms with Gasteiger partial charge in [0.05, 0.1) is 11.8 Å². The SMILES string of the molecule is FC(F)(F)c1ccc(Nc2cnccn2)cc1. The first kappa shape index (κ1) is 11.4. The maximum absolute atomic E-state index is 12.3. The number of anilines is 2. The van der Waals surface area contributed by atoms with Crippen LogP contribution in [0.25, 0.3) is 0 Å². The molecule has 0 saturated heterocycles. The van der Waals surface area contributed by atoms with Crippen LogP contribution in [0.4, 0.5) is 24.7 Å². The molecule has 0 unspecified atom stereocenters. The molecule has 3 nitrogen and oxygen atoms in total. The van der Waals surface area contributed by atoms with Gasteiger partial charge in [-0.2, -0.15) is 13.2 Å². The Morgan fingerprint density at radius 3 is 2.24 bits per heavy atom. The highest BCUT2D eigenvalue weighted by atomic mass is 19.4. The number of nitrogens with one attached hydrogen (secondary N) is 1. The summed E-state index contributed by atoms with van der Waals surface area (Å²) in [6.07, 6.45) is 0.174. The fourth-order valence-electron chi connectivity index (χ4n) is 1.25. The molecule has 0 fully saturated rings. The standard InChI is InChI=1S/C11H8F3N3/c12-11(13,14)8-1-3-9(4-2-8)17-10-7-15-5-6-16-10/h1-7H,(H,16,17). The van der Waals surface area contributed by atoms with Crippen LogP contribution in [0.15, 0.2) is 42.9 Å². The van der Waals surface area contributed by atoms with E-state index in [2.05, 4.69) is 15.3 Å². The van der Waals surface area contributed by atoms with E-state index in [4.69, 9.17) is 0 Å². The molecule has 0 aliphatic carbocycles. The second kappa shape index (κ2) is 4.40. The number of nitrogens with zero attached hydrogens (tertiary/aromatic N) is 2. The minimum Gasteiger partial charge on any atom is -0.339 e. The molecule has 1 N–H and O–H groups in total. The smallest absolute Gasteiger partial charge is 0.339 e. The Morgan fingerprint density at radius 2 is 1.71 bits per heavy atom. The zero-order valence-electron chi connectivity index (χ0n) is 8.57. The van der Waals surface area contributed by atoms with E-state index in [9.17, 15) is 13.2 Å². The lowest BCUT2D eigenvalue weighted by molar-refractivity contribution is -0.137. The van der Waals surface area contributed by atoms with E-state index in [1.165, 1.54) is 30.7 Å². The predicted molar refractivity (Wildman–Crippen MR) is 56.8 cm³/mol. The molecule has 0 amide bonds. The van der Waals surface area contributed by atoms with Crippen LogP contribution in [0.3, 0.4) is 0 Å². The van der Waals surface area contributed by atoms with Gasteiger partial charge in [-0.05, 0) is 24.3 Å². The Hall–Kier alpha value is -2.11. The summed E-state index contributed by atoms with van der Waals surface area (Å²) in [5.74, 6) is 0.479. The van der Waals surface area contributed by atoms with Crippen molar-refractivity contribution in [2.45, 2.75) is 6.18 Å². The molecule has 0 aliphatic rings. The summed E-state index contributed by atoms with van der Waals surface area (Å²) < 4.78 is 36.9. The Kier molecular flexibility index (Phi) is 2.95. The van der Waals surface area contributed by atoms with E-state index in [0.717, 1.165) is 12.1 Å². The van der Waals surface area contributed by atoms with Crippen molar-refractivity contribution in [2.75, 3.05) is 5.32 Å². The van der Waals surface area contributed by atoms with E-state index in [1.807, 2.05) is 0 Å². The van der Waals surface area contributed by atoms with Crippen molar-refractivity contribution < 1.29 is 13.2 Å². The number of alkyl halides is 3. The van der Waals surface area contributed by atoms with Gasteiger partial charge in [0.1, 0.15) is 5.82 Å². The van der Waals surface area contributed by atoms with Crippen LogP contribution < -0.4 is 5.32 Å². The number of halogens is 3. The fourth-order valence-corrected chi connectivity index (χ4v) is 1.25. The summed E-state index contributed by atoms with van der Waals surface area (Å²) in [4.78, 5) is 7.78. The van der Waals surface area contributed by atoms with Crippen molar-refractivity contribution in [2.24, 2.45) is 0 Å². The Bertz CT molecular complexity index is 480. The first-order valence-corrected chi connectivity index (χ1v) is 4.76. The molecule has 6 heteroatoms. The van der Waals surface area contributed by atoms with Gasteiger partial charge in [-0.25, -0.2) is 4.98 Å². The molecule has 0 bridgehead atoms. The zero-order chi connectivity index (χ0) is 12.3. The number of aromatic nitrogens is 2. The second-order valence-corrected chi connectivity index (χ2v) is 3.29. The number of hydrogen-bond acceptors (Lipinski definition) is 3. The maximum atomic E-state index is 12.3. The van der Waals surface area contributed by atoms with Gasteiger partial charge < -0.3 is 5.32 Å². The Morgan fingerprint density at radius 1 is 1.00 bits per heavy atom. The first-order valence-electron chi connectivity index (χ1n) is 4.76. The third-order valence-corrected chi connectivity index (χ3v) is 2.05. The number of rotatable bonds is 2. The lowest BCUT2D eigenvalue weighted by atomic mass is 10.2. The van der Waals surface area contributed by atoms with E-state index in [-0.39, 0.29) is 0 Å². The summed E-state index contributed by atoms with van der Waals surface area (Å²) >= 11 is 0. The van der Waals surface area contributed by atoms with Crippen LogP contribution in [0.1, 0.15) is 5.56 Å². The van der Waals surface area contributed by atoms with Gasteiger partial charge in [-0.1, -0.05) is 0 Å². The second-order valence-electron chi connectivity index (χ2n) is 3.29. The molecule has 2 rings (SSSR count). The highest BCUT2D eigenvalue weighted by Crippen LogP contribution is 2.30. The molecule has 1 aromatic heterocycles. The van der Waals surface area contributed by atoms with Crippen molar-refractivity contribution in [1.82, 2.24) is 9.97 Å². The van der Waals surface area contributed by atoms with Crippen molar-refractivity contribution >= 4 is 11.5 Å². The Balaban J connectivity index is 2.14.